The number of nitrogens with zero attached hydrogens (tertiary/aromatic N) is 2. The molecule has 0 bridgehead atoms. The predicted octanol–water partition coefficient (Wildman–Crippen LogP) is 3.06. The average Bonchev–Trinajstić information content (AvgIpc) is 2.89. The van der Waals surface area contributed by atoms with Crippen LogP contribution in [0.2, 0.25) is 0 Å². The number of piperidine rings is 1. The van der Waals surface area contributed by atoms with Crippen LogP contribution in [0.1, 0.15) is 69.6 Å². The van der Waals surface area contributed by atoms with Gasteiger partial charge >= 0.3 is 0 Å². The predicted molar refractivity (Wildman–Crippen MR) is 84.7 cm³/mol. The van der Waals surface area contributed by atoms with Gasteiger partial charge in [-0.2, -0.15) is 0 Å². The second-order valence-electron chi connectivity index (χ2n) is 7.40. The lowest BCUT2D eigenvalue weighted by atomic mass is 9.78. The van der Waals surface area contributed by atoms with E-state index in [1.807, 2.05) is 25.7 Å². The molecular weight excluding hydrogens is 280 g/mol. The van der Waals surface area contributed by atoms with E-state index >= 15 is 0 Å². The Kier molecular flexibility index (Phi) is 4.95. The Labute approximate surface area is 132 Å². The van der Waals surface area contributed by atoms with Gasteiger partial charge in [-0.1, -0.05) is 27.7 Å². The van der Waals surface area contributed by atoms with E-state index in [1.165, 1.54) is 6.39 Å². The highest BCUT2D eigenvalue weighted by molar-refractivity contribution is 5.93. The molecule has 1 aromatic rings. The minimum atomic E-state index is -0.703. The van der Waals surface area contributed by atoms with Crippen LogP contribution in [-0.4, -0.2) is 39.6 Å². The molecule has 22 heavy (non-hydrogen) atoms. The third kappa shape index (κ3) is 3.51. The van der Waals surface area contributed by atoms with Crippen molar-refractivity contribution in [3.8, 4) is 0 Å². The standard InChI is InChI=1S/C17H28N2O3/c1-11(2)8-13-9-19(7-6-17(13,5)21)16(20)14-15(12(3)4)22-10-18-14/h10-13,21H,6-9H2,1-5H3/t13-,17+/m0/s1. The SMILES string of the molecule is CC(C)C[C@H]1CN(C(=O)c2ncoc2C(C)C)CC[C@@]1(C)O. The molecule has 0 aliphatic carbocycles. The molecule has 2 atom stereocenters. The molecule has 2 rings (SSSR count). The van der Waals surface area contributed by atoms with Gasteiger partial charge in [0.2, 0.25) is 0 Å². The number of hydrogen-bond acceptors (Lipinski definition) is 4. The molecule has 1 amide bonds. The maximum absolute atomic E-state index is 12.8. The fourth-order valence-electron chi connectivity index (χ4n) is 3.18. The summed E-state index contributed by atoms with van der Waals surface area (Å²) in [7, 11) is 0. The van der Waals surface area contributed by atoms with Crippen LogP contribution >= 0.6 is 0 Å². The van der Waals surface area contributed by atoms with Gasteiger partial charge in [0.15, 0.2) is 12.1 Å². The van der Waals surface area contributed by atoms with Gasteiger partial charge in [0.25, 0.3) is 5.91 Å². The van der Waals surface area contributed by atoms with Gasteiger partial charge in [-0.05, 0) is 25.7 Å². The summed E-state index contributed by atoms with van der Waals surface area (Å²) in [4.78, 5) is 18.7. The van der Waals surface area contributed by atoms with Gasteiger partial charge < -0.3 is 14.4 Å². The molecule has 1 aliphatic rings. The zero-order valence-electron chi connectivity index (χ0n) is 14.3. The van der Waals surface area contributed by atoms with Gasteiger partial charge in [0.1, 0.15) is 5.76 Å². The third-order valence-electron chi connectivity index (χ3n) is 4.57. The maximum Gasteiger partial charge on any atom is 0.276 e. The number of amides is 1. The normalized spacial score (nSPS) is 26.0. The van der Waals surface area contributed by atoms with E-state index in [0.29, 0.717) is 36.9 Å². The Morgan fingerprint density at radius 2 is 2.18 bits per heavy atom. The Morgan fingerprint density at radius 1 is 1.50 bits per heavy atom. The van der Waals surface area contributed by atoms with Crippen LogP contribution < -0.4 is 0 Å². The molecule has 0 radical (unpaired) electrons. The molecule has 1 saturated heterocycles. The summed E-state index contributed by atoms with van der Waals surface area (Å²) < 4.78 is 5.36. The number of oxazole rings is 1. The van der Waals surface area contributed by atoms with Crippen molar-refractivity contribution < 1.29 is 14.3 Å². The molecule has 1 aliphatic heterocycles. The van der Waals surface area contributed by atoms with Crippen molar-refractivity contribution in [2.75, 3.05) is 13.1 Å². The smallest absolute Gasteiger partial charge is 0.276 e. The lowest BCUT2D eigenvalue weighted by Crippen LogP contribution is -2.52. The van der Waals surface area contributed by atoms with Crippen molar-refractivity contribution in [3.05, 3.63) is 17.8 Å². The Balaban J connectivity index is 2.15. The minimum absolute atomic E-state index is 0.0818. The number of hydrogen-bond donors (Lipinski definition) is 1. The number of aromatic nitrogens is 1. The van der Waals surface area contributed by atoms with E-state index in [-0.39, 0.29) is 17.7 Å². The topological polar surface area (TPSA) is 66.6 Å². The van der Waals surface area contributed by atoms with Crippen LogP contribution in [0.25, 0.3) is 0 Å². The monoisotopic (exact) mass is 308 g/mol. The largest absolute Gasteiger partial charge is 0.447 e. The first-order chi connectivity index (χ1) is 10.2. The van der Waals surface area contributed by atoms with Crippen LogP contribution in [0.4, 0.5) is 0 Å². The van der Waals surface area contributed by atoms with E-state index in [4.69, 9.17) is 4.42 Å². The molecule has 0 saturated carbocycles. The van der Waals surface area contributed by atoms with Crippen LogP contribution in [0.5, 0.6) is 0 Å². The van der Waals surface area contributed by atoms with E-state index in [2.05, 4.69) is 18.8 Å². The molecule has 0 spiro atoms. The summed E-state index contributed by atoms with van der Waals surface area (Å²) >= 11 is 0. The first-order valence-electron chi connectivity index (χ1n) is 8.17. The van der Waals surface area contributed by atoms with Crippen molar-refractivity contribution in [2.45, 2.75) is 59.0 Å². The molecule has 124 valence electrons. The zero-order valence-corrected chi connectivity index (χ0v) is 14.3. The maximum atomic E-state index is 12.8. The number of aliphatic hydroxyl groups is 1. The molecule has 5 heteroatoms. The summed E-state index contributed by atoms with van der Waals surface area (Å²) in [5, 5.41) is 10.6. The highest BCUT2D eigenvalue weighted by atomic mass is 16.3. The number of carbonyl (C=O) groups excluding carboxylic acids is 1. The zero-order chi connectivity index (χ0) is 16.5. The van der Waals surface area contributed by atoms with Crippen LogP contribution in [0, 0.1) is 11.8 Å². The van der Waals surface area contributed by atoms with Gasteiger partial charge in [0, 0.05) is 24.9 Å². The van der Waals surface area contributed by atoms with Crippen molar-refractivity contribution >= 4 is 5.91 Å². The minimum Gasteiger partial charge on any atom is -0.447 e. The summed E-state index contributed by atoms with van der Waals surface area (Å²) in [5.74, 6) is 1.27. The molecule has 1 N–H and O–H groups in total. The Hall–Kier alpha value is -1.36. The number of rotatable bonds is 4. The number of likely N-dealkylation sites (tertiary alicyclic amines) is 1. The fraction of sp³-hybridized carbons (Fsp3) is 0.765. The molecule has 1 fully saturated rings. The molecule has 5 nitrogen and oxygen atoms in total. The first kappa shape index (κ1) is 17.0. The Morgan fingerprint density at radius 3 is 2.77 bits per heavy atom. The summed E-state index contributed by atoms with van der Waals surface area (Å²) in [5.41, 5.74) is -0.286. The van der Waals surface area contributed by atoms with E-state index < -0.39 is 5.60 Å². The van der Waals surface area contributed by atoms with E-state index in [0.717, 1.165) is 6.42 Å². The first-order valence-corrected chi connectivity index (χ1v) is 8.17. The van der Waals surface area contributed by atoms with Crippen molar-refractivity contribution in [2.24, 2.45) is 11.8 Å². The third-order valence-corrected chi connectivity index (χ3v) is 4.57. The molecule has 0 unspecified atom stereocenters. The molecule has 2 heterocycles. The highest BCUT2D eigenvalue weighted by Crippen LogP contribution is 2.33. The van der Waals surface area contributed by atoms with Crippen molar-refractivity contribution in [1.29, 1.82) is 0 Å². The second kappa shape index (κ2) is 6.41. The summed E-state index contributed by atoms with van der Waals surface area (Å²) in [6.07, 6.45) is 2.85. The van der Waals surface area contributed by atoms with Gasteiger partial charge in [-0.15, -0.1) is 0 Å². The lowest BCUT2D eigenvalue weighted by molar-refractivity contribution is -0.0578. The van der Waals surface area contributed by atoms with Crippen molar-refractivity contribution in [1.82, 2.24) is 9.88 Å². The lowest BCUT2D eigenvalue weighted by Gasteiger charge is -2.43. The second-order valence-corrected chi connectivity index (χ2v) is 7.40. The van der Waals surface area contributed by atoms with Gasteiger partial charge in [-0.25, -0.2) is 4.98 Å². The quantitative estimate of drug-likeness (QED) is 0.928. The van der Waals surface area contributed by atoms with Crippen LogP contribution in [0.15, 0.2) is 10.8 Å². The summed E-state index contributed by atoms with van der Waals surface area (Å²) in [6.45, 7) is 11.3. The average molecular weight is 308 g/mol. The van der Waals surface area contributed by atoms with Crippen LogP contribution in [0.3, 0.4) is 0 Å². The number of carbonyl (C=O) groups is 1. The van der Waals surface area contributed by atoms with E-state index in [1.54, 1.807) is 0 Å². The van der Waals surface area contributed by atoms with Crippen LogP contribution in [-0.2, 0) is 0 Å². The Bertz CT molecular complexity index is 520. The van der Waals surface area contributed by atoms with E-state index in [9.17, 15) is 9.90 Å². The molecular formula is C17H28N2O3. The fourth-order valence-corrected chi connectivity index (χ4v) is 3.18. The van der Waals surface area contributed by atoms with Crippen molar-refractivity contribution in [3.63, 3.8) is 0 Å². The highest BCUT2D eigenvalue weighted by Gasteiger charge is 2.40. The molecule has 1 aromatic heterocycles. The van der Waals surface area contributed by atoms with Gasteiger partial charge in [-0.3, -0.25) is 4.79 Å². The molecule has 0 aromatic carbocycles. The summed E-state index contributed by atoms with van der Waals surface area (Å²) in [6, 6.07) is 0. The van der Waals surface area contributed by atoms with Gasteiger partial charge in [0.05, 0.1) is 5.60 Å².